The van der Waals surface area contributed by atoms with Crippen molar-refractivity contribution >= 4 is 5.91 Å². The van der Waals surface area contributed by atoms with Gasteiger partial charge in [0.1, 0.15) is 48.8 Å². The molecule has 12 unspecified atom stereocenters. The Balaban J connectivity index is 1.71. The normalized spacial score (nSPS) is 24.7. The van der Waals surface area contributed by atoms with Gasteiger partial charge in [-0.2, -0.15) is 0 Å². The molecule has 14 heteroatoms. The zero-order chi connectivity index (χ0) is 58.8. The van der Waals surface area contributed by atoms with Gasteiger partial charge in [-0.15, -0.1) is 0 Å². The van der Waals surface area contributed by atoms with E-state index in [2.05, 4.69) is 92.1 Å². The minimum Gasteiger partial charge on any atom is -0.394 e. The molecule has 81 heavy (non-hydrogen) atoms. The van der Waals surface area contributed by atoms with Crippen molar-refractivity contribution in [2.24, 2.45) is 0 Å². The van der Waals surface area contributed by atoms with Gasteiger partial charge in [0, 0.05) is 6.42 Å². The summed E-state index contributed by atoms with van der Waals surface area (Å²) in [5, 5.41) is 87.2. The van der Waals surface area contributed by atoms with Crippen LogP contribution in [0.3, 0.4) is 0 Å². The highest BCUT2D eigenvalue weighted by molar-refractivity contribution is 5.76. The molecule has 2 fully saturated rings. The van der Waals surface area contributed by atoms with Gasteiger partial charge in [-0.05, 0) is 77.0 Å². The largest absolute Gasteiger partial charge is 0.394 e. The number of aliphatic hydroxyl groups is 8. The van der Waals surface area contributed by atoms with Gasteiger partial charge in [-0.25, -0.2) is 0 Å². The first-order chi connectivity index (χ1) is 39.6. The van der Waals surface area contributed by atoms with Crippen molar-refractivity contribution in [2.45, 2.75) is 312 Å². The van der Waals surface area contributed by atoms with E-state index in [9.17, 15) is 45.6 Å². The maximum atomic E-state index is 13.3. The minimum absolute atomic E-state index is 0.252. The zero-order valence-corrected chi connectivity index (χ0v) is 50.5. The first kappa shape index (κ1) is 74.3. The molecule has 2 saturated heterocycles. The van der Waals surface area contributed by atoms with Crippen LogP contribution in [-0.4, -0.2) is 140 Å². The lowest BCUT2D eigenvalue weighted by Crippen LogP contribution is -2.65. The van der Waals surface area contributed by atoms with Crippen LogP contribution in [0.25, 0.3) is 0 Å². The molecule has 1 amide bonds. The molecule has 14 nitrogen and oxygen atoms in total. The number of amides is 1. The molecule has 0 bridgehead atoms. The van der Waals surface area contributed by atoms with Crippen LogP contribution >= 0.6 is 0 Å². The van der Waals surface area contributed by atoms with Crippen molar-refractivity contribution in [2.75, 3.05) is 19.8 Å². The number of nitrogens with one attached hydrogen (secondary N) is 1. The summed E-state index contributed by atoms with van der Waals surface area (Å²) in [6, 6.07) is -0.937. The Morgan fingerprint density at radius 3 is 1.36 bits per heavy atom. The summed E-state index contributed by atoms with van der Waals surface area (Å²) >= 11 is 0. The van der Waals surface area contributed by atoms with Gasteiger partial charge in [-0.1, -0.05) is 240 Å². The number of aliphatic hydroxyl groups excluding tert-OH is 8. The van der Waals surface area contributed by atoms with Crippen LogP contribution in [0.2, 0.25) is 0 Å². The fourth-order valence-corrected chi connectivity index (χ4v) is 10.2. The van der Waals surface area contributed by atoms with E-state index in [0.29, 0.717) is 12.8 Å². The van der Waals surface area contributed by atoms with Gasteiger partial charge in [0.25, 0.3) is 0 Å². The number of carbonyl (C=O) groups excluding carboxylic acids is 1. The highest BCUT2D eigenvalue weighted by atomic mass is 16.7. The molecule has 0 aromatic rings. The van der Waals surface area contributed by atoms with Gasteiger partial charge < -0.3 is 65.1 Å². The van der Waals surface area contributed by atoms with Crippen LogP contribution in [0.5, 0.6) is 0 Å². The molecule has 2 heterocycles. The number of hydrogen-bond donors (Lipinski definition) is 9. The average molecular weight is 1140 g/mol. The highest BCUT2D eigenvalue weighted by Gasteiger charge is 2.51. The molecular weight excluding hydrogens is 1030 g/mol. The molecular formula is C67H117NO13. The Labute approximate surface area is 491 Å². The summed E-state index contributed by atoms with van der Waals surface area (Å²) in [6.45, 7) is 2.67. The third kappa shape index (κ3) is 36.6. The molecule has 12 atom stereocenters. The number of hydrogen-bond acceptors (Lipinski definition) is 13. The first-order valence-corrected chi connectivity index (χ1v) is 32.3. The molecule has 0 aromatic heterocycles. The zero-order valence-electron chi connectivity index (χ0n) is 50.5. The van der Waals surface area contributed by atoms with E-state index in [0.717, 1.165) is 70.6 Å². The van der Waals surface area contributed by atoms with E-state index in [1.807, 2.05) is 6.08 Å². The highest BCUT2D eigenvalue weighted by Crippen LogP contribution is 2.30. The quantitative estimate of drug-likeness (QED) is 0.0204. The van der Waals surface area contributed by atoms with Crippen molar-refractivity contribution < 1.29 is 64.6 Å². The van der Waals surface area contributed by atoms with Crippen molar-refractivity contribution in [3.63, 3.8) is 0 Å². The monoisotopic (exact) mass is 1140 g/mol. The van der Waals surface area contributed by atoms with E-state index >= 15 is 0 Å². The Morgan fingerprint density at radius 2 is 0.864 bits per heavy atom. The SMILES string of the molecule is CC/C=C\C/C=C\C/C=C\C/C=C\C/C=C\CCCCCCCCCCCCCCCC(=O)NC(COC1OC(CO)C(OC2OC(CO)C(O)C(O)C2O)C(O)C1O)C(O)/C=C/CC/C=C/CCCCCCCCCCCCCC. The van der Waals surface area contributed by atoms with Crippen molar-refractivity contribution in [1.29, 1.82) is 0 Å². The van der Waals surface area contributed by atoms with Crippen LogP contribution in [0.15, 0.2) is 85.1 Å². The first-order valence-electron chi connectivity index (χ1n) is 32.3. The molecule has 2 rings (SSSR count). The van der Waals surface area contributed by atoms with E-state index in [4.69, 9.17) is 18.9 Å². The fraction of sp³-hybridized carbons (Fsp3) is 0.776. The molecule has 0 aliphatic carbocycles. The lowest BCUT2D eigenvalue weighted by atomic mass is 9.97. The summed E-state index contributed by atoms with van der Waals surface area (Å²) in [5.74, 6) is -0.252. The van der Waals surface area contributed by atoms with Crippen LogP contribution in [0, 0.1) is 0 Å². The molecule has 468 valence electrons. The van der Waals surface area contributed by atoms with Gasteiger partial charge in [0.15, 0.2) is 12.6 Å². The second kappa shape index (κ2) is 51.6. The topological polar surface area (TPSA) is 228 Å². The Kier molecular flexibility index (Phi) is 47.3. The third-order valence-electron chi connectivity index (χ3n) is 15.3. The van der Waals surface area contributed by atoms with Gasteiger partial charge in [0.2, 0.25) is 5.91 Å². The summed E-state index contributed by atoms with van der Waals surface area (Å²) < 4.78 is 22.8. The molecule has 0 saturated carbocycles. The number of rotatable bonds is 51. The molecule has 0 radical (unpaired) electrons. The van der Waals surface area contributed by atoms with Gasteiger partial charge >= 0.3 is 0 Å². The lowest BCUT2D eigenvalue weighted by molar-refractivity contribution is -0.359. The number of ether oxygens (including phenoxy) is 4. The lowest BCUT2D eigenvalue weighted by Gasteiger charge is -2.46. The Morgan fingerprint density at radius 1 is 0.457 bits per heavy atom. The van der Waals surface area contributed by atoms with Crippen LogP contribution in [-0.2, 0) is 23.7 Å². The molecule has 0 spiro atoms. The van der Waals surface area contributed by atoms with E-state index in [1.54, 1.807) is 6.08 Å². The summed E-state index contributed by atoms with van der Waals surface area (Å²) in [7, 11) is 0. The maximum absolute atomic E-state index is 13.3. The second-order valence-electron chi connectivity index (χ2n) is 22.5. The van der Waals surface area contributed by atoms with E-state index in [1.165, 1.54) is 135 Å². The van der Waals surface area contributed by atoms with Gasteiger partial charge in [-0.3, -0.25) is 4.79 Å². The molecule has 2 aliphatic rings. The van der Waals surface area contributed by atoms with Crippen LogP contribution < -0.4 is 5.32 Å². The van der Waals surface area contributed by atoms with Crippen LogP contribution in [0.1, 0.15) is 239 Å². The number of carbonyl (C=O) groups is 1. The van der Waals surface area contributed by atoms with E-state index in [-0.39, 0.29) is 18.9 Å². The maximum Gasteiger partial charge on any atom is 0.220 e. The summed E-state index contributed by atoms with van der Waals surface area (Å²) in [4.78, 5) is 13.3. The predicted molar refractivity (Wildman–Crippen MR) is 327 cm³/mol. The fourth-order valence-electron chi connectivity index (χ4n) is 10.2. The van der Waals surface area contributed by atoms with E-state index < -0.39 is 86.8 Å². The summed E-state index contributed by atoms with van der Waals surface area (Å²) in [6.07, 6.45) is 53.4. The number of unbranched alkanes of at least 4 members (excludes halogenated alkanes) is 26. The van der Waals surface area contributed by atoms with Gasteiger partial charge in [0.05, 0.1) is 32.0 Å². The van der Waals surface area contributed by atoms with Crippen LogP contribution in [0.4, 0.5) is 0 Å². The third-order valence-corrected chi connectivity index (χ3v) is 15.3. The Bertz CT molecular complexity index is 1680. The average Bonchev–Trinajstić information content (AvgIpc) is 3.47. The van der Waals surface area contributed by atoms with Crippen molar-refractivity contribution in [1.82, 2.24) is 5.32 Å². The minimum atomic E-state index is -1.79. The predicted octanol–water partition coefficient (Wildman–Crippen LogP) is 12.1. The number of allylic oxidation sites excluding steroid dienone is 13. The van der Waals surface area contributed by atoms with Crippen molar-refractivity contribution in [3.05, 3.63) is 85.1 Å². The Hall–Kier alpha value is -2.83. The standard InChI is InChI=1S/C67H117NO13/c1-3-5-7-9-11-13-15-17-19-21-23-24-25-26-27-28-29-30-31-32-33-35-37-39-41-43-45-47-49-51-59(72)68-55(56(71)50-48-46-44-42-40-38-36-34-22-20-18-16-14-12-10-8-6-4-2)54-78-66-64(77)62(75)65(58(53-70)80-66)81-67-63(76)61(74)60(73)57(52-69)79-67/h5,7,11,13,17,19,23-24,26-27,40,42,48,50,55-58,60-67,69-71,73-77H,3-4,6,8-10,12,14-16,18,20-22,25,28-39,41,43-47,49,51-54H2,1-2H3,(H,68,72)/b7-5-,13-11-,19-17-,24-23-,27-26-,42-40+,50-48+. The van der Waals surface area contributed by atoms with Crippen molar-refractivity contribution in [3.8, 4) is 0 Å². The molecule has 9 N–H and O–H groups in total. The smallest absolute Gasteiger partial charge is 0.220 e. The summed E-state index contributed by atoms with van der Waals surface area (Å²) in [5.41, 5.74) is 0. The molecule has 0 aromatic carbocycles. The molecule has 2 aliphatic heterocycles. The second-order valence-corrected chi connectivity index (χ2v) is 22.5.